The molecule has 184 valence electrons. The van der Waals surface area contributed by atoms with Crippen LogP contribution in [0.25, 0.3) is 10.9 Å². The Morgan fingerprint density at radius 1 is 1.11 bits per heavy atom. The number of nitrogens with zero attached hydrogens (tertiary/aromatic N) is 2. The quantitative estimate of drug-likeness (QED) is 0.205. The summed E-state index contributed by atoms with van der Waals surface area (Å²) < 4.78 is 60.9. The van der Waals surface area contributed by atoms with Crippen LogP contribution in [-0.4, -0.2) is 47.6 Å². The van der Waals surface area contributed by atoms with Crippen molar-refractivity contribution in [1.29, 1.82) is 0 Å². The number of aromatic amines is 1. The van der Waals surface area contributed by atoms with Crippen molar-refractivity contribution in [3.63, 3.8) is 0 Å². The molecule has 10 nitrogen and oxygen atoms in total. The Labute approximate surface area is 200 Å². The van der Waals surface area contributed by atoms with Gasteiger partial charge >= 0.3 is 0 Å². The number of methoxy groups -OCH3 is 1. The van der Waals surface area contributed by atoms with Gasteiger partial charge in [0.05, 0.1) is 48.5 Å². The van der Waals surface area contributed by atoms with Gasteiger partial charge in [-0.3, -0.25) is 14.6 Å². The fourth-order valence-electron chi connectivity index (χ4n) is 3.36. The highest BCUT2D eigenvalue weighted by Gasteiger charge is 2.14. The highest BCUT2D eigenvalue weighted by molar-refractivity contribution is 7.85. The maximum absolute atomic E-state index is 13.4. The molecule has 0 amide bonds. The number of halogens is 1. The van der Waals surface area contributed by atoms with Gasteiger partial charge in [0.25, 0.3) is 10.1 Å². The lowest BCUT2D eigenvalue weighted by Gasteiger charge is -2.14. The summed E-state index contributed by atoms with van der Waals surface area (Å²) in [5, 5.41) is 10.8. The van der Waals surface area contributed by atoms with Crippen molar-refractivity contribution >= 4 is 32.4 Å². The highest BCUT2D eigenvalue weighted by Crippen LogP contribution is 2.35. The number of benzene rings is 2. The van der Waals surface area contributed by atoms with Crippen LogP contribution in [0.3, 0.4) is 0 Å². The summed E-state index contributed by atoms with van der Waals surface area (Å²) in [6.45, 7) is 0.226. The third-order valence-electron chi connectivity index (χ3n) is 4.95. The summed E-state index contributed by atoms with van der Waals surface area (Å²) in [7, 11) is -2.54. The highest BCUT2D eigenvalue weighted by atomic mass is 32.2. The first kappa shape index (κ1) is 24.2. The molecular weight excluding hydrogens is 479 g/mol. The monoisotopic (exact) mass is 502 g/mol. The summed E-state index contributed by atoms with van der Waals surface area (Å²) in [5.41, 5.74) is 2.57. The van der Waals surface area contributed by atoms with Gasteiger partial charge in [-0.05, 0) is 36.2 Å². The largest absolute Gasteiger partial charge is 0.493 e. The van der Waals surface area contributed by atoms with Gasteiger partial charge in [-0.25, -0.2) is 4.39 Å². The van der Waals surface area contributed by atoms with Gasteiger partial charge < -0.3 is 19.5 Å². The Morgan fingerprint density at radius 2 is 1.97 bits per heavy atom. The Hall–Kier alpha value is -3.90. The molecule has 2 aromatic heterocycles. The zero-order valence-electron chi connectivity index (χ0n) is 18.7. The molecule has 0 unspecified atom stereocenters. The van der Waals surface area contributed by atoms with E-state index in [4.69, 9.17) is 18.8 Å². The van der Waals surface area contributed by atoms with Crippen LogP contribution in [0.1, 0.15) is 12.0 Å². The van der Waals surface area contributed by atoms with Gasteiger partial charge in [-0.15, -0.1) is 5.10 Å². The minimum atomic E-state index is -4.06. The van der Waals surface area contributed by atoms with Crippen LogP contribution in [0.15, 0.2) is 54.9 Å². The molecule has 35 heavy (non-hydrogen) atoms. The van der Waals surface area contributed by atoms with E-state index in [-0.39, 0.29) is 31.3 Å². The van der Waals surface area contributed by atoms with E-state index in [1.807, 2.05) is 0 Å². The first-order valence-electron chi connectivity index (χ1n) is 10.5. The Kier molecular flexibility index (Phi) is 7.32. The number of H-pyrrole nitrogens is 1. The molecule has 0 bridgehead atoms. The molecule has 4 rings (SSSR count). The SMILES string of the molecule is COc1cc(Nc2cncc3[nH]nc(OCCCS(=O)(=O)O)c23)ccc1OCc1cccc(F)c1. The molecule has 0 saturated carbocycles. The number of hydrogen-bond acceptors (Lipinski definition) is 8. The lowest BCUT2D eigenvalue weighted by atomic mass is 10.2. The van der Waals surface area contributed by atoms with Crippen LogP contribution in [0.2, 0.25) is 0 Å². The van der Waals surface area contributed by atoms with Crippen molar-refractivity contribution < 1.29 is 31.6 Å². The Bertz CT molecular complexity index is 1430. The van der Waals surface area contributed by atoms with Gasteiger partial charge in [0.15, 0.2) is 11.5 Å². The van der Waals surface area contributed by atoms with E-state index in [1.165, 1.54) is 19.2 Å². The second-order valence-corrected chi connectivity index (χ2v) is 9.11. The molecule has 0 atom stereocenters. The molecule has 0 aliphatic carbocycles. The fraction of sp³-hybridized carbons (Fsp3) is 0.217. The second kappa shape index (κ2) is 10.6. The second-order valence-electron chi connectivity index (χ2n) is 7.54. The van der Waals surface area contributed by atoms with E-state index >= 15 is 0 Å². The van der Waals surface area contributed by atoms with Crippen molar-refractivity contribution in [2.24, 2.45) is 0 Å². The van der Waals surface area contributed by atoms with E-state index in [9.17, 15) is 12.8 Å². The van der Waals surface area contributed by atoms with Crippen molar-refractivity contribution in [2.75, 3.05) is 24.8 Å². The Morgan fingerprint density at radius 3 is 2.74 bits per heavy atom. The first-order valence-corrected chi connectivity index (χ1v) is 12.2. The number of fused-ring (bicyclic) bond motifs is 1. The molecular formula is C23H23FN4O6S. The standard InChI is InChI=1S/C23H23FN4O6S/c1-32-21-11-17(6-7-20(21)34-14-15-4-2-5-16(24)10-15)26-18-12-25-13-19-22(18)23(28-27-19)33-8-3-9-35(29,30)31/h2,4-7,10-13,26H,3,8-9,14H2,1H3,(H,27,28)(H,29,30,31). The number of nitrogens with one attached hydrogen (secondary N) is 2. The number of anilines is 2. The predicted octanol–water partition coefficient (Wildman–Crippen LogP) is 4.08. The lowest BCUT2D eigenvalue weighted by Crippen LogP contribution is -2.08. The topological polar surface area (TPSA) is 136 Å². The zero-order valence-corrected chi connectivity index (χ0v) is 19.5. The molecule has 0 spiro atoms. The van der Waals surface area contributed by atoms with Crippen molar-refractivity contribution in [1.82, 2.24) is 15.2 Å². The van der Waals surface area contributed by atoms with Gasteiger partial charge in [-0.1, -0.05) is 12.1 Å². The molecule has 0 aliphatic rings. The average Bonchev–Trinajstić information content (AvgIpc) is 3.24. The summed E-state index contributed by atoms with van der Waals surface area (Å²) >= 11 is 0. The normalized spacial score (nSPS) is 11.4. The van der Waals surface area contributed by atoms with Gasteiger partial charge in [0.1, 0.15) is 12.4 Å². The zero-order chi connectivity index (χ0) is 24.8. The van der Waals surface area contributed by atoms with Crippen LogP contribution in [-0.2, 0) is 16.7 Å². The molecule has 0 aliphatic heterocycles. The molecule has 0 saturated heterocycles. The molecule has 0 fully saturated rings. The maximum Gasteiger partial charge on any atom is 0.264 e. The molecule has 4 aromatic rings. The summed E-state index contributed by atoms with van der Waals surface area (Å²) in [4.78, 5) is 4.19. The summed E-state index contributed by atoms with van der Waals surface area (Å²) in [6, 6.07) is 11.4. The number of rotatable bonds is 11. The van der Waals surface area contributed by atoms with E-state index in [0.717, 1.165) is 0 Å². The van der Waals surface area contributed by atoms with Crippen molar-refractivity contribution in [3.05, 3.63) is 66.2 Å². The first-order chi connectivity index (χ1) is 16.8. The fourth-order valence-corrected chi connectivity index (χ4v) is 3.84. The number of pyridine rings is 1. The third-order valence-corrected chi connectivity index (χ3v) is 5.75. The minimum absolute atomic E-state index is 0.0483. The van der Waals surface area contributed by atoms with E-state index < -0.39 is 15.9 Å². The smallest absolute Gasteiger partial charge is 0.264 e. The molecule has 2 heterocycles. The number of ether oxygens (including phenoxy) is 3. The van der Waals surface area contributed by atoms with Gasteiger partial charge in [0.2, 0.25) is 5.88 Å². The van der Waals surface area contributed by atoms with E-state index in [1.54, 1.807) is 42.7 Å². The predicted molar refractivity (Wildman–Crippen MR) is 127 cm³/mol. The molecule has 3 N–H and O–H groups in total. The van der Waals surface area contributed by atoms with Gasteiger partial charge in [0, 0.05) is 11.8 Å². The molecule has 0 radical (unpaired) electrons. The van der Waals surface area contributed by atoms with Gasteiger partial charge in [-0.2, -0.15) is 8.42 Å². The minimum Gasteiger partial charge on any atom is -0.493 e. The number of aromatic nitrogens is 3. The van der Waals surface area contributed by atoms with Crippen molar-refractivity contribution in [2.45, 2.75) is 13.0 Å². The summed E-state index contributed by atoms with van der Waals surface area (Å²) in [6.07, 6.45) is 3.29. The summed E-state index contributed by atoms with van der Waals surface area (Å²) in [5.74, 6) is 0.490. The van der Waals surface area contributed by atoms with Crippen LogP contribution < -0.4 is 19.5 Å². The van der Waals surface area contributed by atoms with Crippen LogP contribution in [0, 0.1) is 5.82 Å². The lowest BCUT2D eigenvalue weighted by molar-refractivity contribution is 0.284. The van der Waals surface area contributed by atoms with E-state index in [2.05, 4.69) is 20.5 Å². The molecule has 12 heteroatoms. The van der Waals surface area contributed by atoms with Crippen LogP contribution in [0.5, 0.6) is 17.4 Å². The Balaban J connectivity index is 1.49. The van der Waals surface area contributed by atoms with E-state index in [0.29, 0.717) is 39.3 Å². The van der Waals surface area contributed by atoms with Crippen LogP contribution in [0.4, 0.5) is 15.8 Å². The molecule has 2 aromatic carbocycles. The number of hydrogen-bond donors (Lipinski definition) is 3. The van der Waals surface area contributed by atoms with Crippen molar-refractivity contribution in [3.8, 4) is 17.4 Å². The maximum atomic E-state index is 13.4. The van der Waals surface area contributed by atoms with Crippen LogP contribution >= 0.6 is 0 Å². The third kappa shape index (κ3) is 6.37. The average molecular weight is 503 g/mol.